The summed E-state index contributed by atoms with van der Waals surface area (Å²) in [6.07, 6.45) is 1.84. The highest BCUT2D eigenvalue weighted by molar-refractivity contribution is 6.33. The van der Waals surface area contributed by atoms with E-state index in [2.05, 4.69) is 9.97 Å². The Kier molecular flexibility index (Phi) is 4.18. The van der Waals surface area contributed by atoms with Crippen molar-refractivity contribution in [2.75, 3.05) is 12.8 Å². The van der Waals surface area contributed by atoms with Crippen LogP contribution >= 0.6 is 11.6 Å². The molecule has 3 N–H and O–H groups in total. The summed E-state index contributed by atoms with van der Waals surface area (Å²) < 4.78 is 11.5. The van der Waals surface area contributed by atoms with Crippen LogP contribution in [0.25, 0.3) is 21.8 Å². The van der Waals surface area contributed by atoms with Gasteiger partial charge in [-0.2, -0.15) is 0 Å². The molecule has 2 aromatic heterocycles. The van der Waals surface area contributed by atoms with Crippen molar-refractivity contribution in [1.29, 1.82) is 0 Å². The van der Waals surface area contributed by atoms with Crippen LogP contribution in [0.15, 0.2) is 42.6 Å². The standard InChI is InChI=1S/C20H18ClN3O2/c1-11-13(10-25-2)19-17(9-23-11)24-16-4-3-5-18(20(16)19)26-12-6-7-15(22)14(21)8-12/h3-9,24H,10,22H2,1-2H3. The van der Waals surface area contributed by atoms with Gasteiger partial charge in [0.25, 0.3) is 0 Å². The number of aromatic nitrogens is 2. The van der Waals surface area contributed by atoms with Gasteiger partial charge in [-0.1, -0.05) is 17.7 Å². The summed E-state index contributed by atoms with van der Waals surface area (Å²) >= 11 is 6.12. The summed E-state index contributed by atoms with van der Waals surface area (Å²) in [6, 6.07) is 11.2. The number of methoxy groups -OCH3 is 1. The molecule has 0 atom stereocenters. The fourth-order valence-corrected chi connectivity index (χ4v) is 3.34. The van der Waals surface area contributed by atoms with Crippen LogP contribution in [-0.4, -0.2) is 17.1 Å². The van der Waals surface area contributed by atoms with E-state index in [1.807, 2.05) is 31.3 Å². The van der Waals surface area contributed by atoms with Crippen LogP contribution in [-0.2, 0) is 11.3 Å². The van der Waals surface area contributed by atoms with Crippen LogP contribution in [0, 0.1) is 6.92 Å². The lowest BCUT2D eigenvalue weighted by molar-refractivity contribution is 0.185. The number of aryl methyl sites for hydroxylation is 1. The molecule has 5 nitrogen and oxygen atoms in total. The van der Waals surface area contributed by atoms with Crippen molar-refractivity contribution in [2.45, 2.75) is 13.5 Å². The molecule has 132 valence electrons. The number of rotatable bonds is 4. The van der Waals surface area contributed by atoms with Gasteiger partial charge in [-0.3, -0.25) is 4.98 Å². The van der Waals surface area contributed by atoms with Gasteiger partial charge in [0.15, 0.2) is 0 Å². The molecular weight excluding hydrogens is 350 g/mol. The molecule has 0 spiro atoms. The van der Waals surface area contributed by atoms with Crippen molar-refractivity contribution in [1.82, 2.24) is 9.97 Å². The number of pyridine rings is 1. The van der Waals surface area contributed by atoms with E-state index in [1.165, 1.54) is 0 Å². The Morgan fingerprint density at radius 1 is 1.15 bits per heavy atom. The van der Waals surface area contributed by atoms with Crippen LogP contribution in [0.1, 0.15) is 11.3 Å². The second-order valence-electron chi connectivity index (χ2n) is 6.13. The van der Waals surface area contributed by atoms with Crippen molar-refractivity contribution in [3.05, 3.63) is 58.9 Å². The van der Waals surface area contributed by atoms with E-state index >= 15 is 0 Å². The van der Waals surface area contributed by atoms with Crippen LogP contribution in [0.4, 0.5) is 5.69 Å². The summed E-state index contributed by atoms with van der Waals surface area (Å²) in [6.45, 7) is 2.46. The van der Waals surface area contributed by atoms with Gasteiger partial charge in [0.2, 0.25) is 0 Å². The number of nitrogens with zero attached hydrogens (tertiary/aromatic N) is 1. The third-order valence-corrected chi connectivity index (χ3v) is 4.76. The SMILES string of the molecule is COCc1c(C)ncc2[nH]c3cccc(Oc4ccc(N)c(Cl)c4)c3c12. The Morgan fingerprint density at radius 3 is 2.77 bits per heavy atom. The molecule has 4 rings (SSSR count). The van der Waals surface area contributed by atoms with E-state index in [9.17, 15) is 0 Å². The predicted octanol–water partition coefficient (Wildman–Crippen LogP) is 5.20. The average molecular weight is 368 g/mol. The molecule has 2 heterocycles. The lowest BCUT2D eigenvalue weighted by Crippen LogP contribution is -1.96. The first kappa shape index (κ1) is 16.7. The van der Waals surface area contributed by atoms with Crippen LogP contribution in [0.5, 0.6) is 11.5 Å². The van der Waals surface area contributed by atoms with Crippen LogP contribution in [0.2, 0.25) is 5.02 Å². The number of halogens is 1. The summed E-state index contributed by atoms with van der Waals surface area (Å²) in [5.74, 6) is 1.36. The molecule has 4 aromatic rings. The van der Waals surface area contributed by atoms with Crippen molar-refractivity contribution in [3.8, 4) is 11.5 Å². The highest BCUT2D eigenvalue weighted by Crippen LogP contribution is 2.38. The molecule has 0 fully saturated rings. The van der Waals surface area contributed by atoms with Crippen molar-refractivity contribution < 1.29 is 9.47 Å². The third kappa shape index (κ3) is 2.75. The summed E-state index contributed by atoms with van der Waals surface area (Å²) in [5.41, 5.74) is 10.2. The normalized spacial score (nSPS) is 11.3. The van der Waals surface area contributed by atoms with Gasteiger partial charge in [0, 0.05) is 29.8 Å². The summed E-state index contributed by atoms with van der Waals surface area (Å²) in [4.78, 5) is 7.88. The van der Waals surface area contributed by atoms with Gasteiger partial charge < -0.3 is 20.2 Å². The Bertz CT molecular complexity index is 1120. The molecule has 6 heteroatoms. The molecule has 0 bridgehead atoms. The number of benzene rings is 2. The minimum absolute atomic E-state index is 0.466. The Hall–Kier alpha value is -2.76. The van der Waals surface area contributed by atoms with E-state index < -0.39 is 0 Å². The van der Waals surface area contributed by atoms with E-state index in [0.717, 1.165) is 38.8 Å². The van der Waals surface area contributed by atoms with Crippen LogP contribution < -0.4 is 10.5 Å². The number of nitrogen functional groups attached to an aromatic ring is 1. The first-order valence-electron chi connectivity index (χ1n) is 8.19. The fourth-order valence-electron chi connectivity index (χ4n) is 3.17. The minimum atomic E-state index is 0.466. The second kappa shape index (κ2) is 6.52. The molecule has 0 aliphatic heterocycles. The molecule has 0 unspecified atom stereocenters. The number of nitrogens with two attached hydrogens (primary N) is 1. The van der Waals surface area contributed by atoms with Gasteiger partial charge >= 0.3 is 0 Å². The zero-order valence-corrected chi connectivity index (χ0v) is 15.2. The third-order valence-electron chi connectivity index (χ3n) is 4.43. The molecular formula is C20H18ClN3O2. The molecule has 26 heavy (non-hydrogen) atoms. The fraction of sp³-hybridized carbons (Fsp3) is 0.150. The van der Waals surface area contributed by atoms with Crippen molar-refractivity contribution >= 4 is 39.1 Å². The zero-order chi connectivity index (χ0) is 18.3. The molecule has 2 aromatic carbocycles. The van der Waals surface area contributed by atoms with E-state index in [0.29, 0.717) is 23.1 Å². The molecule has 0 amide bonds. The van der Waals surface area contributed by atoms with Gasteiger partial charge in [0.05, 0.1) is 39.9 Å². The maximum atomic E-state index is 6.15. The lowest BCUT2D eigenvalue weighted by Gasteiger charge is -2.10. The van der Waals surface area contributed by atoms with E-state index in [4.69, 9.17) is 26.8 Å². The lowest BCUT2D eigenvalue weighted by atomic mass is 10.1. The highest BCUT2D eigenvalue weighted by atomic mass is 35.5. The first-order chi connectivity index (χ1) is 12.6. The number of hydrogen-bond acceptors (Lipinski definition) is 4. The first-order valence-corrected chi connectivity index (χ1v) is 8.57. The topological polar surface area (TPSA) is 73.2 Å². The van der Waals surface area contributed by atoms with E-state index in [-0.39, 0.29) is 0 Å². The number of hydrogen-bond donors (Lipinski definition) is 2. The number of H-pyrrole nitrogens is 1. The number of aromatic amines is 1. The number of nitrogens with one attached hydrogen (secondary N) is 1. The number of ether oxygens (including phenoxy) is 2. The smallest absolute Gasteiger partial charge is 0.137 e. The largest absolute Gasteiger partial charge is 0.457 e. The Balaban J connectivity index is 1.94. The van der Waals surface area contributed by atoms with Crippen LogP contribution in [0.3, 0.4) is 0 Å². The number of fused-ring (bicyclic) bond motifs is 3. The molecule has 0 aliphatic carbocycles. The minimum Gasteiger partial charge on any atom is -0.457 e. The van der Waals surface area contributed by atoms with Gasteiger partial charge in [0.1, 0.15) is 11.5 Å². The average Bonchev–Trinajstić information content (AvgIpc) is 3.00. The molecule has 0 radical (unpaired) electrons. The van der Waals surface area contributed by atoms with E-state index in [1.54, 1.807) is 25.3 Å². The molecule has 0 saturated heterocycles. The monoisotopic (exact) mass is 367 g/mol. The quantitative estimate of drug-likeness (QED) is 0.486. The maximum absolute atomic E-state index is 6.15. The molecule has 0 saturated carbocycles. The molecule has 0 aliphatic rings. The number of anilines is 1. The zero-order valence-electron chi connectivity index (χ0n) is 14.5. The summed E-state index contributed by atoms with van der Waals surface area (Å²) in [7, 11) is 1.68. The maximum Gasteiger partial charge on any atom is 0.137 e. The van der Waals surface area contributed by atoms with Gasteiger partial charge in [-0.05, 0) is 31.2 Å². The summed E-state index contributed by atoms with van der Waals surface area (Å²) in [5, 5.41) is 2.52. The Labute approximate surface area is 155 Å². The Morgan fingerprint density at radius 2 is 2.00 bits per heavy atom. The van der Waals surface area contributed by atoms with Crippen molar-refractivity contribution in [2.24, 2.45) is 0 Å². The highest BCUT2D eigenvalue weighted by Gasteiger charge is 2.16. The van der Waals surface area contributed by atoms with Crippen molar-refractivity contribution in [3.63, 3.8) is 0 Å². The van der Waals surface area contributed by atoms with Gasteiger partial charge in [-0.25, -0.2) is 0 Å². The predicted molar refractivity (Wildman–Crippen MR) is 105 cm³/mol. The van der Waals surface area contributed by atoms with Gasteiger partial charge in [-0.15, -0.1) is 0 Å². The second-order valence-corrected chi connectivity index (χ2v) is 6.54.